The summed E-state index contributed by atoms with van der Waals surface area (Å²) in [5.74, 6) is 9.99. The van der Waals surface area contributed by atoms with Crippen molar-refractivity contribution in [1.82, 2.24) is 0 Å². The molecule has 1 amide bonds. The van der Waals surface area contributed by atoms with Crippen LogP contribution in [0, 0.1) is 37.5 Å². The number of aliphatic hydroxyl groups is 1. The highest BCUT2D eigenvalue weighted by Crippen LogP contribution is 2.27. The van der Waals surface area contributed by atoms with Crippen LogP contribution >= 0.6 is 0 Å². The number of carbonyl (C=O) groups is 1. The first kappa shape index (κ1) is 18.1. The Hall–Kier alpha value is -3.21. The van der Waals surface area contributed by atoms with Gasteiger partial charge in [0.15, 0.2) is 6.61 Å². The predicted octanol–water partition coefficient (Wildman–Crippen LogP) is 3.58. The molecule has 0 radical (unpaired) electrons. The highest BCUT2D eigenvalue weighted by molar-refractivity contribution is 5.96. The van der Waals surface area contributed by atoms with Crippen LogP contribution in [0.3, 0.4) is 0 Å². The van der Waals surface area contributed by atoms with Gasteiger partial charge in [-0.3, -0.25) is 0 Å². The number of hydrogen-bond acceptors (Lipinski definition) is 3. The molecule has 0 aliphatic rings. The van der Waals surface area contributed by atoms with Crippen LogP contribution in [0.2, 0.25) is 0 Å². The number of amides is 1. The standard InChI is InChI=1S/C21H19NO3/c1-17-9-7-11-19(15-17)22(20-12-8-10-18(2)16-20)21(24)25-14-6-4-3-5-13-23/h7-12,15-16,23H,13-14H2,1-2H3. The fourth-order valence-electron chi connectivity index (χ4n) is 2.22. The van der Waals surface area contributed by atoms with Crippen LogP contribution in [0.25, 0.3) is 0 Å². The van der Waals surface area contributed by atoms with Gasteiger partial charge in [-0.15, -0.1) is 0 Å². The second-order valence-electron chi connectivity index (χ2n) is 5.33. The summed E-state index contributed by atoms with van der Waals surface area (Å²) in [6.45, 7) is 3.61. The lowest BCUT2D eigenvalue weighted by Crippen LogP contribution is -2.27. The topological polar surface area (TPSA) is 49.8 Å². The monoisotopic (exact) mass is 333 g/mol. The highest BCUT2D eigenvalue weighted by atomic mass is 16.6. The fraction of sp³-hybridized carbons (Fsp3) is 0.190. The molecule has 2 aromatic carbocycles. The van der Waals surface area contributed by atoms with Crippen molar-refractivity contribution in [2.24, 2.45) is 0 Å². The minimum Gasteiger partial charge on any atom is -0.436 e. The molecule has 25 heavy (non-hydrogen) atoms. The van der Waals surface area contributed by atoms with E-state index in [1.807, 2.05) is 62.4 Å². The zero-order valence-corrected chi connectivity index (χ0v) is 14.2. The quantitative estimate of drug-likeness (QED) is 0.874. The van der Waals surface area contributed by atoms with E-state index in [1.54, 1.807) is 0 Å². The smallest absolute Gasteiger partial charge is 0.419 e. The Balaban J connectivity index is 2.25. The highest BCUT2D eigenvalue weighted by Gasteiger charge is 2.19. The molecule has 4 nitrogen and oxygen atoms in total. The molecule has 0 atom stereocenters. The van der Waals surface area contributed by atoms with Gasteiger partial charge in [-0.1, -0.05) is 30.2 Å². The molecule has 0 saturated carbocycles. The fourth-order valence-corrected chi connectivity index (χ4v) is 2.22. The Morgan fingerprint density at radius 1 is 1.00 bits per heavy atom. The zero-order chi connectivity index (χ0) is 18.1. The number of rotatable bonds is 3. The van der Waals surface area contributed by atoms with Crippen LogP contribution in [0.1, 0.15) is 11.1 Å². The second-order valence-corrected chi connectivity index (χ2v) is 5.33. The van der Waals surface area contributed by atoms with E-state index in [-0.39, 0.29) is 13.2 Å². The lowest BCUT2D eigenvalue weighted by molar-refractivity contribution is 0.170. The molecule has 2 rings (SSSR count). The van der Waals surface area contributed by atoms with E-state index in [9.17, 15) is 4.79 Å². The van der Waals surface area contributed by atoms with Crippen molar-refractivity contribution in [3.8, 4) is 23.7 Å². The maximum atomic E-state index is 12.6. The number of benzene rings is 2. The first-order chi connectivity index (χ1) is 12.1. The Kier molecular flexibility index (Phi) is 6.65. The van der Waals surface area contributed by atoms with Crippen molar-refractivity contribution in [3.05, 3.63) is 59.7 Å². The third-order valence-corrected chi connectivity index (χ3v) is 3.29. The van der Waals surface area contributed by atoms with Gasteiger partial charge < -0.3 is 9.84 Å². The number of aryl methyl sites for hydroxylation is 2. The molecule has 0 aromatic heterocycles. The summed E-state index contributed by atoms with van der Waals surface area (Å²) in [5.41, 5.74) is 3.54. The molecule has 0 spiro atoms. The SMILES string of the molecule is Cc1cccc(N(C(=O)OCC#CC#CCO)c2cccc(C)c2)c1. The van der Waals surface area contributed by atoms with Crippen LogP contribution in [-0.2, 0) is 4.74 Å². The van der Waals surface area contributed by atoms with Crippen LogP contribution in [0.5, 0.6) is 0 Å². The van der Waals surface area contributed by atoms with Gasteiger partial charge >= 0.3 is 6.09 Å². The first-order valence-corrected chi connectivity index (χ1v) is 7.78. The third kappa shape index (κ3) is 5.42. The molecule has 4 heteroatoms. The largest absolute Gasteiger partial charge is 0.436 e. The first-order valence-electron chi connectivity index (χ1n) is 7.78. The lowest BCUT2D eigenvalue weighted by atomic mass is 10.1. The van der Waals surface area contributed by atoms with Crippen molar-refractivity contribution >= 4 is 17.5 Å². The van der Waals surface area contributed by atoms with Gasteiger partial charge in [-0.2, -0.15) is 0 Å². The molecule has 0 fully saturated rings. The number of carbonyl (C=O) groups excluding carboxylic acids is 1. The molecule has 1 N–H and O–H groups in total. The minimum absolute atomic E-state index is 0.0763. The van der Waals surface area contributed by atoms with Crippen LogP contribution in [0.4, 0.5) is 16.2 Å². The summed E-state index contributed by atoms with van der Waals surface area (Å²) in [6.07, 6.45) is -0.513. The normalized spacial score (nSPS) is 9.24. The number of anilines is 2. The van der Waals surface area contributed by atoms with Gasteiger partial charge in [0.2, 0.25) is 0 Å². The van der Waals surface area contributed by atoms with Crippen LogP contribution in [0.15, 0.2) is 48.5 Å². The van der Waals surface area contributed by atoms with Crippen molar-refractivity contribution in [2.75, 3.05) is 18.1 Å². The molecule has 0 saturated heterocycles. The molecule has 0 unspecified atom stereocenters. The number of aliphatic hydroxyl groups excluding tert-OH is 1. The Bertz CT molecular complexity index is 820. The van der Waals surface area contributed by atoms with Gasteiger partial charge in [-0.05, 0) is 67.0 Å². The van der Waals surface area contributed by atoms with Crippen molar-refractivity contribution in [2.45, 2.75) is 13.8 Å². The molecular formula is C21H19NO3. The minimum atomic E-state index is -0.513. The van der Waals surface area contributed by atoms with Crippen molar-refractivity contribution in [3.63, 3.8) is 0 Å². The Labute approximate surface area is 148 Å². The van der Waals surface area contributed by atoms with E-state index in [2.05, 4.69) is 23.7 Å². The molecule has 2 aromatic rings. The van der Waals surface area contributed by atoms with Crippen LogP contribution in [-0.4, -0.2) is 24.4 Å². The zero-order valence-electron chi connectivity index (χ0n) is 14.2. The van der Waals surface area contributed by atoms with E-state index >= 15 is 0 Å². The molecule has 0 heterocycles. The van der Waals surface area contributed by atoms with Gasteiger partial charge in [-0.25, -0.2) is 9.69 Å². The van der Waals surface area contributed by atoms with Gasteiger partial charge in [0, 0.05) is 0 Å². The third-order valence-electron chi connectivity index (χ3n) is 3.29. The number of ether oxygens (including phenoxy) is 1. The average Bonchev–Trinajstić information content (AvgIpc) is 2.58. The summed E-state index contributed by atoms with van der Waals surface area (Å²) in [4.78, 5) is 14.1. The number of nitrogens with zero attached hydrogens (tertiary/aromatic N) is 1. The van der Waals surface area contributed by atoms with E-state index in [4.69, 9.17) is 9.84 Å². The predicted molar refractivity (Wildman–Crippen MR) is 98.5 cm³/mol. The van der Waals surface area contributed by atoms with Gasteiger partial charge in [0.25, 0.3) is 0 Å². The van der Waals surface area contributed by atoms with Crippen LogP contribution < -0.4 is 4.90 Å². The molecule has 0 aliphatic carbocycles. The summed E-state index contributed by atoms with van der Waals surface area (Å²) in [6, 6.07) is 15.3. The van der Waals surface area contributed by atoms with E-state index in [0.29, 0.717) is 0 Å². The summed E-state index contributed by atoms with van der Waals surface area (Å²) in [5, 5.41) is 8.55. The lowest BCUT2D eigenvalue weighted by Gasteiger charge is -2.22. The Morgan fingerprint density at radius 3 is 2.08 bits per heavy atom. The Morgan fingerprint density at radius 2 is 1.56 bits per heavy atom. The summed E-state index contributed by atoms with van der Waals surface area (Å²) >= 11 is 0. The van der Waals surface area contributed by atoms with E-state index in [0.717, 1.165) is 22.5 Å². The maximum absolute atomic E-state index is 12.6. The van der Waals surface area contributed by atoms with Crippen molar-refractivity contribution in [1.29, 1.82) is 0 Å². The van der Waals surface area contributed by atoms with E-state index in [1.165, 1.54) is 4.90 Å². The van der Waals surface area contributed by atoms with Gasteiger partial charge in [0.1, 0.15) is 6.61 Å². The molecule has 126 valence electrons. The maximum Gasteiger partial charge on any atom is 0.419 e. The van der Waals surface area contributed by atoms with Crippen molar-refractivity contribution < 1.29 is 14.6 Å². The molecule has 0 bridgehead atoms. The molecule has 0 aliphatic heterocycles. The van der Waals surface area contributed by atoms with E-state index < -0.39 is 6.09 Å². The summed E-state index contributed by atoms with van der Waals surface area (Å²) < 4.78 is 5.26. The summed E-state index contributed by atoms with van der Waals surface area (Å²) in [7, 11) is 0. The number of hydrogen-bond donors (Lipinski definition) is 1. The molecular weight excluding hydrogens is 314 g/mol. The van der Waals surface area contributed by atoms with Gasteiger partial charge in [0.05, 0.1) is 11.4 Å². The second kappa shape index (κ2) is 9.17. The average molecular weight is 333 g/mol.